The normalized spacial score (nSPS) is 21.8. The van der Waals surface area contributed by atoms with Gasteiger partial charge in [0.1, 0.15) is 11.9 Å². The fraction of sp³-hybridized carbons (Fsp3) is 0.577. The summed E-state index contributed by atoms with van der Waals surface area (Å²) >= 11 is 0. The van der Waals surface area contributed by atoms with E-state index in [0.29, 0.717) is 12.2 Å². The number of carbonyl (C=O) groups is 2. The number of unbranched alkanes of at least 4 members (excludes halogenated alkanes) is 1. The van der Waals surface area contributed by atoms with Crippen LogP contribution in [0.2, 0.25) is 0 Å². The maximum Gasteiger partial charge on any atom is 0.391 e. The standard InChI is InChI=1S/C26H34N4O4/c1-6-7-15-33-26(32)21(27-5)20(25(31)34-22-17(3)9-8-10-18(22)4)24-28-23(29-30-24)19-13-11-16(2)12-14-19/h11-14,17-18,20-22H,6-10,15H2,1-4H3,(H,28,29,30). The molecule has 182 valence electrons. The van der Waals surface area contributed by atoms with Crippen LogP contribution in [0.25, 0.3) is 16.2 Å². The maximum absolute atomic E-state index is 13.5. The monoisotopic (exact) mass is 466 g/mol. The largest absolute Gasteiger partial charge is 0.461 e. The first kappa shape index (κ1) is 25.4. The third-order valence-electron chi connectivity index (χ3n) is 6.49. The van der Waals surface area contributed by atoms with Crippen molar-refractivity contribution < 1.29 is 19.1 Å². The van der Waals surface area contributed by atoms with Crippen molar-refractivity contribution in [1.82, 2.24) is 15.2 Å². The number of H-pyrrole nitrogens is 1. The zero-order valence-electron chi connectivity index (χ0n) is 20.4. The molecule has 34 heavy (non-hydrogen) atoms. The van der Waals surface area contributed by atoms with Crippen LogP contribution in [0.4, 0.5) is 0 Å². The van der Waals surface area contributed by atoms with E-state index in [-0.39, 0.29) is 30.4 Å². The van der Waals surface area contributed by atoms with E-state index < -0.39 is 23.9 Å². The van der Waals surface area contributed by atoms with Crippen molar-refractivity contribution in [2.75, 3.05) is 6.61 Å². The number of benzene rings is 1. The van der Waals surface area contributed by atoms with Gasteiger partial charge in [-0.1, -0.05) is 63.4 Å². The van der Waals surface area contributed by atoms with Crippen molar-refractivity contribution >= 4 is 11.9 Å². The number of aromatic amines is 1. The Bertz CT molecular complexity index is 1000. The molecule has 1 aliphatic rings. The molecule has 1 aromatic carbocycles. The van der Waals surface area contributed by atoms with Gasteiger partial charge in [0.2, 0.25) is 5.92 Å². The zero-order valence-corrected chi connectivity index (χ0v) is 20.4. The van der Waals surface area contributed by atoms with Gasteiger partial charge in [0, 0.05) is 5.56 Å². The van der Waals surface area contributed by atoms with Crippen LogP contribution >= 0.6 is 0 Å². The van der Waals surface area contributed by atoms with Crippen LogP contribution in [0.5, 0.6) is 0 Å². The Morgan fingerprint density at radius 1 is 1.18 bits per heavy atom. The van der Waals surface area contributed by atoms with E-state index in [1.807, 2.05) is 38.1 Å². The van der Waals surface area contributed by atoms with E-state index in [1.165, 1.54) is 0 Å². The molecular weight excluding hydrogens is 432 g/mol. The lowest BCUT2D eigenvalue weighted by Gasteiger charge is -2.34. The Morgan fingerprint density at radius 3 is 2.47 bits per heavy atom. The molecule has 8 heteroatoms. The molecule has 8 nitrogen and oxygen atoms in total. The highest BCUT2D eigenvalue weighted by Gasteiger charge is 2.47. The van der Waals surface area contributed by atoms with Crippen molar-refractivity contribution in [3.05, 3.63) is 47.1 Å². The second-order valence-corrected chi connectivity index (χ2v) is 9.27. The van der Waals surface area contributed by atoms with Crippen LogP contribution in [0.15, 0.2) is 24.3 Å². The van der Waals surface area contributed by atoms with Crippen LogP contribution in [-0.4, -0.2) is 45.9 Å². The highest BCUT2D eigenvalue weighted by atomic mass is 16.5. The Morgan fingerprint density at radius 2 is 1.85 bits per heavy atom. The third kappa shape index (κ3) is 6.02. The lowest BCUT2D eigenvalue weighted by molar-refractivity contribution is -0.162. The van der Waals surface area contributed by atoms with Crippen LogP contribution in [-0.2, 0) is 19.1 Å². The summed E-state index contributed by atoms with van der Waals surface area (Å²) in [4.78, 5) is 34.2. The van der Waals surface area contributed by atoms with Crippen molar-refractivity contribution in [1.29, 1.82) is 0 Å². The number of rotatable bonds is 9. The van der Waals surface area contributed by atoms with Crippen molar-refractivity contribution in [2.24, 2.45) is 11.8 Å². The van der Waals surface area contributed by atoms with E-state index in [1.54, 1.807) is 0 Å². The highest BCUT2D eigenvalue weighted by molar-refractivity contribution is 5.89. The molecule has 1 aromatic heterocycles. The minimum Gasteiger partial charge on any atom is -0.461 e. The van der Waals surface area contributed by atoms with Crippen molar-refractivity contribution in [2.45, 2.75) is 77.9 Å². The van der Waals surface area contributed by atoms with Gasteiger partial charge in [0.05, 0.1) is 6.61 Å². The SMILES string of the molecule is [C-]#[N+]C(C(=O)OCCCC)C(C(=O)OC1C(C)CCCC1C)c1nc(-c2ccc(C)cc2)n[nH]1. The summed E-state index contributed by atoms with van der Waals surface area (Å²) < 4.78 is 11.2. The van der Waals surface area contributed by atoms with Crippen molar-refractivity contribution in [3.8, 4) is 11.4 Å². The average Bonchev–Trinajstić information content (AvgIpc) is 3.29. The first-order valence-electron chi connectivity index (χ1n) is 12.1. The predicted octanol–water partition coefficient (Wildman–Crippen LogP) is 4.86. The van der Waals surface area contributed by atoms with Gasteiger partial charge in [-0.3, -0.25) is 14.7 Å². The molecule has 4 atom stereocenters. The molecule has 1 heterocycles. The number of esters is 2. The van der Waals surface area contributed by atoms with Gasteiger partial charge < -0.3 is 9.47 Å². The molecule has 0 bridgehead atoms. The Labute approximate surface area is 201 Å². The topological polar surface area (TPSA) is 98.5 Å². The number of aromatic nitrogens is 3. The van der Waals surface area contributed by atoms with E-state index in [2.05, 4.69) is 33.9 Å². The first-order chi connectivity index (χ1) is 16.3. The van der Waals surface area contributed by atoms with Gasteiger partial charge in [0.15, 0.2) is 5.82 Å². The van der Waals surface area contributed by atoms with E-state index in [4.69, 9.17) is 16.0 Å². The minimum absolute atomic E-state index is 0.130. The van der Waals surface area contributed by atoms with Crippen LogP contribution in [0.3, 0.4) is 0 Å². The molecule has 1 N–H and O–H groups in total. The molecule has 1 saturated carbocycles. The molecule has 3 rings (SSSR count). The van der Waals surface area contributed by atoms with Crippen LogP contribution < -0.4 is 0 Å². The van der Waals surface area contributed by atoms with Gasteiger partial charge in [-0.25, -0.2) is 16.4 Å². The summed E-state index contributed by atoms with van der Waals surface area (Å²) in [7, 11) is 0. The summed E-state index contributed by atoms with van der Waals surface area (Å²) in [6, 6.07) is 6.24. The van der Waals surface area contributed by atoms with Crippen LogP contribution in [0.1, 0.15) is 70.2 Å². The molecule has 0 spiro atoms. The molecule has 0 aliphatic heterocycles. The second kappa shape index (κ2) is 11.8. The van der Waals surface area contributed by atoms with Gasteiger partial charge in [-0.2, -0.15) is 5.10 Å². The summed E-state index contributed by atoms with van der Waals surface area (Å²) in [5.41, 5.74) is 1.86. The van der Waals surface area contributed by atoms with Gasteiger partial charge in [0.25, 0.3) is 0 Å². The van der Waals surface area contributed by atoms with E-state index in [0.717, 1.165) is 36.8 Å². The van der Waals surface area contributed by atoms with E-state index in [9.17, 15) is 9.59 Å². The number of nitrogens with one attached hydrogen (secondary N) is 1. The van der Waals surface area contributed by atoms with Crippen LogP contribution in [0, 0.1) is 25.3 Å². The molecule has 2 aromatic rings. The predicted molar refractivity (Wildman–Crippen MR) is 128 cm³/mol. The third-order valence-corrected chi connectivity index (χ3v) is 6.49. The Kier molecular flexibility index (Phi) is 8.80. The number of nitrogens with zero attached hydrogens (tertiary/aromatic N) is 3. The number of aryl methyl sites for hydroxylation is 1. The lowest BCUT2D eigenvalue weighted by atomic mass is 9.80. The summed E-state index contributed by atoms with van der Waals surface area (Å²) in [5.74, 6) is -1.72. The summed E-state index contributed by atoms with van der Waals surface area (Å²) in [5, 5.41) is 7.03. The molecule has 4 unspecified atom stereocenters. The van der Waals surface area contributed by atoms with E-state index >= 15 is 0 Å². The number of ether oxygens (including phenoxy) is 2. The molecular formula is C26H34N4O4. The molecule has 0 saturated heterocycles. The smallest absolute Gasteiger partial charge is 0.391 e. The fourth-order valence-electron chi connectivity index (χ4n) is 4.39. The summed E-state index contributed by atoms with van der Waals surface area (Å²) in [6.45, 7) is 16.0. The quantitative estimate of drug-likeness (QED) is 0.322. The lowest BCUT2D eigenvalue weighted by Crippen LogP contribution is -2.40. The maximum atomic E-state index is 13.5. The average molecular weight is 467 g/mol. The van der Waals surface area contributed by atoms with Gasteiger partial charge in [-0.15, -0.1) is 0 Å². The van der Waals surface area contributed by atoms with Crippen molar-refractivity contribution in [3.63, 3.8) is 0 Å². The minimum atomic E-state index is -1.41. The van der Waals surface area contributed by atoms with Gasteiger partial charge in [-0.05, 0) is 38.0 Å². The Balaban J connectivity index is 1.91. The molecule has 1 fully saturated rings. The first-order valence-corrected chi connectivity index (χ1v) is 12.1. The zero-order chi connectivity index (χ0) is 24.7. The highest BCUT2D eigenvalue weighted by Crippen LogP contribution is 2.33. The molecule has 0 radical (unpaired) electrons. The molecule has 0 amide bonds. The number of carbonyl (C=O) groups excluding carboxylic acids is 2. The fourth-order valence-corrected chi connectivity index (χ4v) is 4.39. The second-order valence-electron chi connectivity index (χ2n) is 9.27. The summed E-state index contributed by atoms with van der Waals surface area (Å²) in [6.07, 6.45) is 4.29. The Hall–Kier alpha value is -3.21. The number of hydrogen-bond donors (Lipinski definition) is 1. The number of hydrogen-bond acceptors (Lipinski definition) is 6. The molecule has 1 aliphatic carbocycles. The van der Waals surface area contributed by atoms with Gasteiger partial charge >= 0.3 is 18.0 Å².